The molecule has 3 aromatic rings. The predicted octanol–water partition coefficient (Wildman–Crippen LogP) is 6.89. The molecule has 2 heterocycles. The van der Waals surface area contributed by atoms with Gasteiger partial charge in [-0.15, -0.1) is 11.3 Å². The van der Waals surface area contributed by atoms with Crippen LogP contribution >= 0.6 is 23.1 Å². The average molecular weight is 522 g/mol. The monoisotopic (exact) mass is 521 g/mol. The Morgan fingerprint density at radius 3 is 2.47 bits per heavy atom. The lowest BCUT2D eigenvalue weighted by atomic mass is 9.89. The van der Waals surface area contributed by atoms with Crippen LogP contribution in [0.3, 0.4) is 0 Å². The van der Waals surface area contributed by atoms with E-state index in [1.165, 1.54) is 23.1 Å². The molecule has 0 radical (unpaired) electrons. The zero-order valence-corrected chi connectivity index (χ0v) is 23.3. The molecule has 1 amide bonds. The first-order valence-corrected chi connectivity index (χ1v) is 13.4. The number of benzene rings is 1. The first-order valence-electron chi connectivity index (χ1n) is 11.7. The number of carbonyl (C=O) groups excluding carboxylic acids is 2. The Bertz CT molecular complexity index is 1320. The topological polar surface area (TPSA) is 92.1 Å². The van der Waals surface area contributed by atoms with Gasteiger partial charge in [0.25, 0.3) is 0 Å². The minimum absolute atomic E-state index is 0.251. The van der Waals surface area contributed by atoms with Crippen LogP contribution in [0.4, 0.5) is 5.00 Å². The summed E-state index contributed by atoms with van der Waals surface area (Å²) in [6, 6.07) is 14.0. The smallest absolute Gasteiger partial charge is 0.341 e. The number of aryl methyl sites for hydroxylation is 1. The Morgan fingerprint density at radius 2 is 1.89 bits per heavy atom. The number of anilines is 1. The second kappa shape index (κ2) is 11.3. The summed E-state index contributed by atoms with van der Waals surface area (Å²) in [6.45, 7) is 13.7. The van der Waals surface area contributed by atoms with E-state index in [0.717, 1.165) is 27.3 Å². The van der Waals surface area contributed by atoms with Crippen molar-refractivity contribution in [3.63, 3.8) is 0 Å². The van der Waals surface area contributed by atoms with Crippen molar-refractivity contribution in [1.29, 1.82) is 5.26 Å². The second-order valence-electron chi connectivity index (χ2n) is 9.42. The van der Waals surface area contributed by atoms with E-state index in [0.29, 0.717) is 21.2 Å². The lowest BCUT2D eigenvalue weighted by molar-refractivity contribution is -0.115. The molecule has 0 aliphatic rings. The minimum Gasteiger partial charge on any atom is -0.462 e. The normalized spacial score (nSPS) is 12.1. The van der Waals surface area contributed by atoms with Crippen molar-refractivity contribution in [3.8, 4) is 17.2 Å². The number of nitrogens with zero attached hydrogens (tertiary/aromatic N) is 2. The Balaban J connectivity index is 1.96. The fraction of sp³-hybridized carbons (Fsp3) is 0.357. The van der Waals surface area contributed by atoms with E-state index in [9.17, 15) is 14.9 Å². The van der Waals surface area contributed by atoms with Crippen LogP contribution < -0.4 is 5.32 Å². The first-order chi connectivity index (χ1) is 17.0. The third kappa shape index (κ3) is 5.97. The van der Waals surface area contributed by atoms with Crippen LogP contribution in [0.1, 0.15) is 66.7 Å². The van der Waals surface area contributed by atoms with E-state index in [1.807, 2.05) is 50.2 Å². The van der Waals surface area contributed by atoms with Gasteiger partial charge in [-0.25, -0.2) is 9.78 Å². The van der Waals surface area contributed by atoms with Crippen molar-refractivity contribution in [3.05, 3.63) is 63.7 Å². The number of nitrogens with one attached hydrogen (secondary N) is 1. The summed E-state index contributed by atoms with van der Waals surface area (Å²) in [7, 11) is 0. The van der Waals surface area contributed by atoms with Gasteiger partial charge in [0.05, 0.1) is 23.0 Å². The highest BCUT2D eigenvalue weighted by molar-refractivity contribution is 8.00. The van der Waals surface area contributed by atoms with E-state index in [1.54, 1.807) is 13.8 Å². The highest BCUT2D eigenvalue weighted by atomic mass is 32.2. The fourth-order valence-electron chi connectivity index (χ4n) is 3.54. The Labute approximate surface area is 221 Å². The first kappa shape index (κ1) is 27.4. The minimum atomic E-state index is -0.568. The highest BCUT2D eigenvalue weighted by Crippen LogP contribution is 2.37. The van der Waals surface area contributed by atoms with Gasteiger partial charge in [0.15, 0.2) is 0 Å². The molecule has 188 valence electrons. The van der Waals surface area contributed by atoms with Crippen LogP contribution in [0.2, 0.25) is 0 Å². The molecule has 1 atom stereocenters. The summed E-state index contributed by atoms with van der Waals surface area (Å²) in [4.78, 5) is 31.5. The summed E-state index contributed by atoms with van der Waals surface area (Å²) < 4.78 is 5.20. The van der Waals surface area contributed by atoms with Gasteiger partial charge in [0, 0.05) is 21.5 Å². The molecule has 6 nitrogen and oxygen atoms in total. The van der Waals surface area contributed by atoms with E-state index in [-0.39, 0.29) is 17.9 Å². The number of nitriles is 1. The number of pyridine rings is 1. The SMILES string of the molecule is CCOC(=O)c1c(NC(=O)C(C)Sc2nc(C(C)(C)C)cc(-c3ccccc3)c2C#N)sc(C)c1C. The molecular weight excluding hydrogens is 490 g/mol. The quantitative estimate of drug-likeness (QED) is 0.269. The van der Waals surface area contributed by atoms with Gasteiger partial charge in [0.2, 0.25) is 5.91 Å². The van der Waals surface area contributed by atoms with Crippen molar-refractivity contribution < 1.29 is 14.3 Å². The second-order valence-corrected chi connectivity index (χ2v) is 12.0. The number of aromatic nitrogens is 1. The predicted molar refractivity (Wildman–Crippen MR) is 147 cm³/mol. The molecule has 0 aliphatic carbocycles. The molecule has 36 heavy (non-hydrogen) atoms. The van der Waals surface area contributed by atoms with Gasteiger partial charge in [-0.2, -0.15) is 5.26 Å². The standard InChI is InChI=1S/C28H31N3O3S2/c1-8-34-27(33)23-16(2)17(3)35-26(23)31-24(32)18(4)36-25-21(15-29)20(19-12-10-9-11-13-19)14-22(30-25)28(5,6)7/h9-14,18H,8H2,1-7H3,(H,31,32). The molecule has 8 heteroatoms. The van der Waals surface area contributed by atoms with Gasteiger partial charge in [-0.1, -0.05) is 62.9 Å². The number of esters is 1. The third-order valence-corrected chi connectivity index (χ3v) is 7.92. The molecule has 1 aromatic carbocycles. The molecule has 0 aliphatic heterocycles. The van der Waals surface area contributed by atoms with Gasteiger partial charge < -0.3 is 10.1 Å². The molecular formula is C28H31N3O3S2. The molecule has 0 saturated carbocycles. The largest absolute Gasteiger partial charge is 0.462 e. The summed E-state index contributed by atoms with van der Waals surface area (Å²) in [5, 5.41) is 13.4. The van der Waals surface area contributed by atoms with Crippen LogP contribution in [-0.2, 0) is 14.9 Å². The molecule has 0 bridgehead atoms. The van der Waals surface area contributed by atoms with E-state index in [2.05, 4.69) is 32.2 Å². The highest BCUT2D eigenvalue weighted by Gasteiger charge is 2.27. The number of ether oxygens (including phenoxy) is 1. The van der Waals surface area contributed by atoms with Crippen LogP contribution in [0.15, 0.2) is 41.4 Å². The Kier molecular flexibility index (Phi) is 8.59. The molecule has 2 aromatic heterocycles. The summed E-state index contributed by atoms with van der Waals surface area (Å²) in [6.07, 6.45) is 0. The van der Waals surface area contributed by atoms with Gasteiger partial charge in [0.1, 0.15) is 16.1 Å². The van der Waals surface area contributed by atoms with Crippen molar-refractivity contribution >= 4 is 40.0 Å². The van der Waals surface area contributed by atoms with Crippen LogP contribution in [0, 0.1) is 25.2 Å². The third-order valence-electron chi connectivity index (χ3n) is 5.71. The van der Waals surface area contributed by atoms with Gasteiger partial charge >= 0.3 is 5.97 Å². The zero-order valence-electron chi connectivity index (χ0n) is 21.7. The van der Waals surface area contributed by atoms with Crippen molar-refractivity contribution in [2.75, 3.05) is 11.9 Å². The zero-order chi connectivity index (χ0) is 26.6. The van der Waals surface area contributed by atoms with Crippen LogP contribution in [0.25, 0.3) is 11.1 Å². The average Bonchev–Trinajstić information content (AvgIpc) is 3.11. The number of carbonyl (C=O) groups is 2. The van der Waals surface area contributed by atoms with Gasteiger partial charge in [-0.3, -0.25) is 4.79 Å². The van der Waals surface area contributed by atoms with Gasteiger partial charge in [-0.05, 0) is 44.9 Å². The van der Waals surface area contributed by atoms with Crippen molar-refractivity contribution in [2.45, 2.75) is 64.2 Å². The van der Waals surface area contributed by atoms with Crippen molar-refractivity contribution in [2.24, 2.45) is 0 Å². The number of amides is 1. The maximum atomic E-state index is 13.2. The maximum absolute atomic E-state index is 13.2. The van der Waals surface area contributed by atoms with E-state index >= 15 is 0 Å². The van der Waals surface area contributed by atoms with E-state index < -0.39 is 11.2 Å². The molecule has 0 fully saturated rings. The fourth-order valence-corrected chi connectivity index (χ4v) is 5.52. The van der Waals surface area contributed by atoms with E-state index in [4.69, 9.17) is 9.72 Å². The lowest BCUT2D eigenvalue weighted by Gasteiger charge is -2.22. The van der Waals surface area contributed by atoms with Crippen LogP contribution in [-0.4, -0.2) is 28.7 Å². The number of hydrogen-bond acceptors (Lipinski definition) is 7. The van der Waals surface area contributed by atoms with Crippen molar-refractivity contribution in [1.82, 2.24) is 4.98 Å². The summed E-state index contributed by atoms with van der Waals surface area (Å²) in [5.74, 6) is -0.728. The summed E-state index contributed by atoms with van der Waals surface area (Å²) >= 11 is 2.59. The molecule has 3 rings (SSSR count). The molecule has 0 spiro atoms. The summed E-state index contributed by atoms with van der Waals surface area (Å²) in [5.41, 5.74) is 3.93. The Morgan fingerprint density at radius 1 is 1.22 bits per heavy atom. The molecule has 0 saturated heterocycles. The number of hydrogen-bond donors (Lipinski definition) is 1. The number of thiophene rings is 1. The number of rotatable bonds is 7. The molecule has 1 unspecified atom stereocenters. The van der Waals surface area contributed by atoms with Crippen LogP contribution in [0.5, 0.6) is 0 Å². The molecule has 1 N–H and O–H groups in total. The lowest BCUT2D eigenvalue weighted by Crippen LogP contribution is -2.24. The number of thioether (sulfide) groups is 1. The maximum Gasteiger partial charge on any atom is 0.341 e. The Hall–Kier alpha value is -3.15.